The van der Waals surface area contributed by atoms with Crippen LogP contribution in [0.3, 0.4) is 0 Å². The largest absolute Gasteiger partial charge is 0.355 e. The Morgan fingerprint density at radius 1 is 1.04 bits per heavy atom. The smallest absolute Gasteiger partial charge is 0.331 e. The van der Waals surface area contributed by atoms with Gasteiger partial charge in [0.2, 0.25) is 0 Å². The van der Waals surface area contributed by atoms with Gasteiger partial charge in [-0.15, -0.1) is 0 Å². The fraction of sp³-hybridized carbons (Fsp3) is 0.333. The molecule has 3 aromatic rings. The molecule has 0 saturated carbocycles. The van der Waals surface area contributed by atoms with Crippen molar-refractivity contribution in [1.82, 2.24) is 14.1 Å². The zero-order chi connectivity index (χ0) is 16.4. The number of H-pyrrole nitrogens is 1. The summed E-state index contributed by atoms with van der Waals surface area (Å²) >= 11 is 0. The van der Waals surface area contributed by atoms with E-state index in [1.807, 2.05) is 30.3 Å². The first-order valence-corrected chi connectivity index (χ1v) is 7.92. The molecular weight excluding hydrogens is 290 g/mol. The number of nitrogens with zero attached hydrogens (tertiary/aromatic N) is 2. The standard InChI is InChI=1S/C18H21N3O2/c1-13(2)12-21-15-8-10-19-16(15)17(22)20(18(21)23)11-9-14-6-4-3-5-7-14/h3-8,10,13,19H,9,11-12H2,1-2H3. The van der Waals surface area contributed by atoms with Crippen molar-refractivity contribution >= 4 is 11.0 Å². The lowest BCUT2D eigenvalue weighted by Crippen LogP contribution is -2.41. The SMILES string of the molecule is CC(C)Cn1c(=O)n(CCc2ccccc2)c(=O)c2[nH]ccc21. The minimum absolute atomic E-state index is 0.230. The van der Waals surface area contributed by atoms with Crippen LogP contribution in [0, 0.1) is 5.92 Å². The lowest BCUT2D eigenvalue weighted by atomic mass is 10.1. The molecule has 0 aliphatic rings. The molecule has 0 spiro atoms. The second-order valence-electron chi connectivity index (χ2n) is 6.22. The first-order valence-electron chi connectivity index (χ1n) is 7.92. The summed E-state index contributed by atoms with van der Waals surface area (Å²) in [6.45, 7) is 5.10. The molecule has 3 rings (SSSR count). The number of aromatic nitrogens is 3. The molecule has 0 radical (unpaired) electrons. The third kappa shape index (κ3) is 2.99. The Bertz CT molecular complexity index is 917. The van der Waals surface area contributed by atoms with Gasteiger partial charge in [0.15, 0.2) is 0 Å². The number of benzene rings is 1. The first-order chi connectivity index (χ1) is 11.1. The lowest BCUT2D eigenvalue weighted by molar-refractivity contribution is 0.489. The Kier molecular flexibility index (Phi) is 4.19. The quantitative estimate of drug-likeness (QED) is 0.786. The highest BCUT2D eigenvalue weighted by Crippen LogP contribution is 2.08. The van der Waals surface area contributed by atoms with E-state index in [4.69, 9.17) is 0 Å². The highest BCUT2D eigenvalue weighted by Gasteiger charge is 2.14. The summed E-state index contributed by atoms with van der Waals surface area (Å²) in [5.41, 5.74) is 1.82. The Labute approximate surface area is 134 Å². The van der Waals surface area contributed by atoms with E-state index in [0.717, 1.165) is 5.56 Å². The number of aryl methyl sites for hydroxylation is 1. The van der Waals surface area contributed by atoms with Crippen LogP contribution >= 0.6 is 0 Å². The molecule has 0 bridgehead atoms. The number of hydrogen-bond donors (Lipinski definition) is 1. The van der Waals surface area contributed by atoms with Gasteiger partial charge in [0, 0.05) is 19.3 Å². The van der Waals surface area contributed by atoms with Gasteiger partial charge in [-0.05, 0) is 24.0 Å². The third-order valence-electron chi connectivity index (χ3n) is 3.95. The number of rotatable bonds is 5. The van der Waals surface area contributed by atoms with Gasteiger partial charge < -0.3 is 4.98 Å². The molecule has 2 aromatic heterocycles. The van der Waals surface area contributed by atoms with Crippen LogP contribution < -0.4 is 11.2 Å². The lowest BCUT2D eigenvalue weighted by Gasteiger charge is -2.14. The number of fused-ring (bicyclic) bond motifs is 1. The van der Waals surface area contributed by atoms with Gasteiger partial charge >= 0.3 is 5.69 Å². The number of nitrogens with one attached hydrogen (secondary N) is 1. The fourth-order valence-corrected chi connectivity index (χ4v) is 2.85. The maximum absolute atomic E-state index is 12.8. The maximum Gasteiger partial charge on any atom is 0.331 e. The minimum Gasteiger partial charge on any atom is -0.355 e. The van der Waals surface area contributed by atoms with Crippen molar-refractivity contribution in [1.29, 1.82) is 0 Å². The maximum atomic E-state index is 12.8. The van der Waals surface area contributed by atoms with Crippen molar-refractivity contribution in [3.05, 3.63) is 69.0 Å². The molecule has 0 atom stereocenters. The normalized spacial score (nSPS) is 11.4. The summed E-state index contributed by atoms with van der Waals surface area (Å²) in [6, 6.07) is 11.7. The van der Waals surface area contributed by atoms with Crippen LogP contribution in [-0.4, -0.2) is 14.1 Å². The van der Waals surface area contributed by atoms with Crippen LogP contribution in [0.5, 0.6) is 0 Å². The predicted octanol–water partition coefficient (Wildman–Crippen LogP) is 2.39. The van der Waals surface area contributed by atoms with E-state index in [1.54, 1.807) is 16.8 Å². The van der Waals surface area contributed by atoms with Gasteiger partial charge in [0.1, 0.15) is 5.52 Å². The highest BCUT2D eigenvalue weighted by atomic mass is 16.2. The molecule has 1 N–H and O–H groups in total. The summed E-state index contributed by atoms with van der Waals surface area (Å²) in [6.07, 6.45) is 2.37. The Morgan fingerprint density at radius 3 is 2.48 bits per heavy atom. The van der Waals surface area contributed by atoms with Crippen LogP contribution in [0.25, 0.3) is 11.0 Å². The molecule has 0 saturated heterocycles. The van der Waals surface area contributed by atoms with Gasteiger partial charge in [-0.3, -0.25) is 13.9 Å². The average Bonchev–Trinajstić information content (AvgIpc) is 3.02. The summed E-state index contributed by atoms with van der Waals surface area (Å²) in [5.74, 6) is 0.325. The van der Waals surface area contributed by atoms with E-state index in [1.165, 1.54) is 4.57 Å². The number of aromatic amines is 1. The zero-order valence-corrected chi connectivity index (χ0v) is 13.5. The van der Waals surface area contributed by atoms with Gasteiger partial charge in [0.25, 0.3) is 5.56 Å². The van der Waals surface area contributed by atoms with Crippen LogP contribution in [0.1, 0.15) is 19.4 Å². The summed E-state index contributed by atoms with van der Waals surface area (Å²) in [4.78, 5) is 28.3. The molecule has 0 aliphatic heterocycles. The molecule has 5 heteroatoms. The van der Waals surface area contributed by atoms with Crippen molar-refractivity contribution in [3.63, 3.8) is 0 Å². The Balaban J connectivity index is 2.05. The second-order valence-corrected chi connectivity index (χ2v) is 6.22. The van der Waals surface area contributed by atoms with E-state index in [2.05, 4.69) is 18.8 Å². The van der Waals surface area contributed by atoms with E-state index in [-0.39, 0.29) is 11.2 Å². The highest BCUT2D eigenvalue weighted by molar-refractivity contribution is 5.74. The molecule has 2 heterocycles. The van der Waals surface area contributed by atoms with Crippen LogP contribution in [0.2, 0.25) is 0 Å². The molecule has 23 heavy (non-hydrogen) atoms. The summed E-state index contributed by atoms with van der Waals surface area (Å²) in [7, 11) is 0. The van der Waals surface area contributed by atoms with E-state index < -0.39 is 0 Å². The van der Waals surface area contributed by atoms with Gasteiger partial charge in [0.05, 0.1) is 5.52 Å². The van der Waals surface area contributed by atoms with Crippen LogP contribution in [0.4, 0.5) is 0 Å². The topological polar surface area (TPSA) is 59.8 Å². The second kappa shape index (κ2) is 6.28. The molecule has 1 aromatic carbocycles. The van der Waals surface area contributed by atoms with Crippen molar-refractivity contribution in [2.75, 3.05) is 0 Å². The summed E-state index contributed by atoms with van der Waals surface area (Å²) in [5, 5.41) is 0. The van der Waals surface area contributed by atoms with E-state index in [0.29, 0.717) is 36.5 Å². The Hall–Kier alpha value is -2.56. The monoisotopic (exact) mass is 311 g/mol. The molecule has 0 unspecified atom stereocenters. The van der Waals surface area contributed by atoms with Gasteiger partial charge in [-0.25, -0.2) is 4.79 Å². The van der Waals surface area contributed by atoms with Crippen LogP contribution in [0.15, 0.2) is 52.2 Å². The predicted molar refractivity (Wildman–Crippen MR) is 91.8 cm³/mol. The zero-order valence-electron chi connectivity index (χ0n) is 13.5. The van der Waals surface area contributed by atoms with Gasteiger partial charge in [-0.1, -0.05) is 44.2 Å². The van der Waals surface area contributed by atoms with Crippen molar-refractivity contribution < 1.29 is 0 Å². The number of hydrogen-bond acceptors (Lipinski definition) is 2. The fourth-order valence-electron chi connectivity index (χ4n) is 2.85. The van der Waals surface area contributed by atoms with Crippen molar-refractivity contribution in [2.24, 2.45) is 5.92 Å². The summed E-state index contributed by atoms with van der Waals surface area (Å²) < 4.78 is 3.04. The van der Waals surface area contributed by atoms with Crippen molar-refractivity contribution in [3.8, 4) is 0 Å². The minimum atomic E-state index is -0.245. The Morgan fingerprint density at radius 2 is 1.78 bits per heavy atom. The van der Waals surface area contributed by atoms with Crippen LogP contribution in [-0.2, 0) is 19.5 Å². The molecule has 0 aliphatic carbocycles. The van der Waals surface area contributed by atoms with E-state index >= 15 is 0 Å². The van der Waals surface area contributed by atoms with E-state index in [9.17, 15) is 9.59 Å². The molecule has 5 nitrogen and oxygen atoms in total. The van der Waals surface area contributed by atoms with Gasteiger partial charge in [-0.2, -0.15) is 0 Å². The van der Waals surface area contributed by atoms with Crippen molar-refractivity contribution in [2.45, 2.75) is 33.4 Å². The molecular formula is C18H21N3O2. The molecule has 0 fully saturated rings. The molecule has 120 valence electrons. The average molecular weight is 311 g/mol. The molecule has 0 amide bonds. The first kappa shape index (κ1) is 15.3. The third-order valence-corrected chi connectivity index (χ3v) is 3.95.